The Morgan fingerprint density at radius 3 is 2.56 bits per heavy atom. The van der Waals surface area contributed by atoms with Gasteiger partial charge in [0, 0.05) is 38.6 Å². The number of aliphatic hydroxyl groups is 1. The van der Waals surface area contributed by atoms with Crippen molar-refractivity contribution < 1.29 is 29.6 Å². The number of hydrogen-bond donors (Lipinski definition) is 6. The van der Waals surface area contributed by atoms with Gasteiger partial charge < -0.3 is 40.6 Å². The first kappa shape index (κ1) is 33.7. The standard InChI is InChI=1S/C35H38N6O7/c1-40(17-7-16-36-20-30(43)26-12-14-29(42)33-27(26)13-15-31(44)37-33)34(45)28-19-24(39-41(28)2)21-48-25-11-6-10-23(18-25)32(38-35(46)47)22-8-4-3-5-9-22/h3-6,8-15,18-19,30,32,36,38,42-43H,7,16-17,20-21H2,1-2H3,(H,37,44)(H,46,47)/t30-,32?/m1/s1. The smallest absolute Gasteiger partial charge is 0.405 e. The minimum Gasteiger partial charge on any atom is -0.506 e. The molecule has 5 aromatic rings. The van der Waals surface area contributed by atoms with Crippen LogP contribution in [0.25, 0.3) is 10.9 Å². The van der Waals surface area contributed by atoms with Crippen molar-refractivity contribution in [1.82, 2.24) is 30.3 Å². The Morgan fingerprint density at radius 1 is 1.02 bits per heavy atom. The molecule has 2 amide bonds. The molecule has 0 bridgehead atoms. The maximum Gasteiger partial charge on any atom is 0.405 e. The number of aromatic amines is 1. The molecular weight excluding hydrogens is 616 g/mol. The molecule has 1 unspecified atom stereocenters. The summed E-state index contributed by atoms with van der Waals surface area (Å²) in [6, 6.07) is 23.5. The van der Waals surface area contributed by atoms with Gasteiger partial charge >= 0.3 is 6.09 Å². The molecular formula is C35H38N6O7. The Hall–Kier alpha value is -5.66. The lowest BCUT2D eigenvalue weighted by atomic mass is 9.99. The molecule has 0 aliphatic rings. The van der Waals surface area contributed by atoms with Crippen LogP contribution in [0.15, 0.2) is 89.7 Å². The van der Waals surface area contributed by atoms with Gasteiger partial charge in [0.1, 0.15) is 29.5 Å². The number of aryl methyl sites for hydroxylation is 1. The second-order valence-corrected chi connectivity index (χ2v) is 11.4. The summed E-state index contributed by atoms with van der Waals surface area (Å²) in [4.78, 5) is 40.5. The number of carboxylic acid groups (broad SMARTS) is 1. The Bertz CT molecular complexity index is 1940. The van der Waals surface area contributed by atoms with Gasteiger partial charge in [0.25, 0.3) is 5.91 Å². The first-order chi connectivity index (χ1) is 23.1. The van der Waals surface area contributed by atoms with Crippen LogP contribution in [0.2, 0.25) is 0 Å². The zero-order chi connectivity index (χ0) is 34.2. The number of carbonyl (C=O) groups is 2. The van der Waals surface area contributed by atoms with Gasteiger partial charge in [0.05, 0.1) is 17.7 Å². The van der Waals surface area contributed by atoms with Gasteiger partial charge in [-0.15, -0.1) is 0 Å². The van der Waals surface area contributed by atoms with Crippen molar-refractivity contribution in [3.05, 3.63) is 123 Å². The number of hydrogen-bond acceptors (Lipinski definition) is 8. The fourth-order valence-corrected chi connectivity index (χ4v) is 5.50. The van der Waals surface area contributed by atoms with E-state index in [1.807, 2.05) is 36.4 Å². The van der Waals surface area contributed by atoms with Crippen molar-refractivity contribution in [3.63, 3.8) is 0 Å². The summed E-state index contributed by atoms with van der Waals surface area (Å²) < 4.78 is 7.49. The highest BCUT2D eigenvalue weighted by Crippen LogP contribution is 2.29. The number of phenols is 1. The van der Waals surface area contributed by atoms with E-state index in [0.717, 1.165) is 11.1 Å². The number of aromatic nitrogens is 3. The number of rotatable bonds is 14. The van der Waals surface area contributed by atoms with Crippen molar-refractivity contribution in [1.29, 1.82) is 0 Å². The number of amides is 2. The van der Waals surface area contributed by atoms with E-state index in [0.29, 0.717) is 47.6 Å². The van der Waals surface area contributed by atoms with E-state index in [2.05, 4.69) is 20.7 Å². The molecule has 13 nitrogen and oxygen atoms in total. The Kier molecular flexibility index (Phi) is 10.7. The number of benzene rings is 3. The predicted molar refractivity (Wildman–Crippen MR) is 179 cm³/mol. The monoisotopic (exact) mass is 654 g/mol. The summed E-state index contributed by atoms with van der Waals surface area (Å²) in [5.74, 6) is 0.262. The molecule has 0 aliphatic carbocycles. The number of aromatic hydroxyl groups is 1. The van der Waals surface area contributed by atoms with Crippen molar-refractivity contribution in [2.45, 2.75) is 25.2 Å². The SMILES string of the molecule is CN(CCCNC[C@@H](O)c1ccc(O)c2[nH]c(=O)ccc12)C(=O)c1cc(COc2cccc(C(NC(=O)O)c3ccccc3)c2)nn1C. The van der Waals surface area contributed by atoms with Gasteiger partial charge in [-0.1, -0.05) is 48.5 Å². The van der Waals surface area contributed by atoms with Crippen LogP contribution in [0, 0.1) is 0 Å². The van der Waals surface area contributed by atoms with E-state index < -0.39 is 18.2 Å². The van der Waals surface area contributed by atoms with Crippen LogP contribution in [0.5, 0.6) is 11.5 Å². The molecule has 2 atom stereocenters. The molecule has 0 aliphatic heterocycles. The molecule has 13 heteroatoms. The molecule has 6 N–H and O–H groups in total. The lowest BCUT2D eigenvalue weighted by Gasteiger charge is -2.18. The highest BCUT2D eigenvalue weighted by Gasteiger charge is 2.20. The average molecular weight is 655 g/mol. The topological polar surface area (TPSA) is 182 Å². The minimum absolute atomic E-state index is 0.0675. The highest BCUT2D eigenvalue weighted by molar-refractivity contribution is 5.92. The Labute approximate surface area is 276 Å². The van der Waals surface area contributed by atoms with Gasteiger partial charge in [0.2, 0.25) is 5.56 Å². The van der Waals surface area contributed by atoms with Gasteiger partial charge in [0.15, 0.2) is 0 Å². The predicted octanol–water partition coefficient (Wildman–Crippen LogP) is 3.69. The third-order valence-electron chi connectivity index (χ3n) is 7.93. The van der Waals surface area contributed by atoms with Crippen molar-refractivity contribution in [2.75, 3.05) is 26.7 Å². The summed E-state index contributed by atoms with van der Waals surface area (Å²) in [6.45, 7) is 1.35. The number of H-pyrrole nitrogens is 1. The molecule has 0 spiro atoms. The Morgan fingerprint density at radius 2 is 1.79 bits per heavy atom. The summed E-state index contributed by atoms with van der Waals surface area (Å²) in [5, 5.41) is 41.0. The van der Waals surface area contributed by atoms with Gasteiger partial charge in [-0.2, -0.15) is 5.10 Å². The zero-order valence-electron chi connectivity index (χ0n) is 26.6. The average Bonchev–Trinajstić information content (AvgIpc) is 3.46. The van der Waals surface area contributed by atoms with Crippen LogP contribution in [-0.2, 0) is 13.7 Å². The van der Waals surface area contributed by atoms with E-state index in [9.17, 15) is 29.7 Å². The summed E-state index contributed by atoms with van der Waals surface area (Å²) in [6.07, 6.45) is -1.38. The number of carbonyl (C=O) groups excluding carboxylic acids is 1. The quantitative estimate of drug-likeness (QED) is 0.0973. The Balaban J connectivity index is 1.11. The van der Waals surface area contributed by atoms with Crippen LogP contribution in [-0.4, -0.2) is 73.7 Å². The number of ether oxygens (including phenoxy) is 1. The first-order valence-corrected chi connectivity index (χ1v) is 15.4. The third kappa shape index (κ3) is 8.18. The lowest BCUT2D eigenvalue weighted by molar-refractivity contribution is 0.0782. The van der Waals surface area contributed by atoms with Crippen molar-refractivity contribution >= 4 is 22.9 Å². The van der Waals surface area contributed by atoms with E-state index in [-0.39, 0.29) is 35.9 Å². The van der Waals surface area contributed by atoms with Crippen LogP contribution >= 0.6 is 0 Å². The molecule has 0 saturated carbocycles. The number of nitrogens with one attached hydrogen (secondary N) is 3. The lowest BCUT2D eigenvalue weighted by Crippen LogP contribution is -2.32. The normalized spacial score (nSPS) is 12.4. The summed E-state index contributed by atoms with van der Waals surface area (Å²) in [7, 11) is 3.41. The van der Waals surface area contributed by atoms with E-state index in [1.165, 1.54) is 16.8 Å². The molecule has 5 rings (SSSR count). The minimum atomic E-state index is -1.14. The van der Waals surface area contributed by atoms with Gasteiger partial charge in [-0.05, 0) is 60.0 Å². The molecule has 48 heavy (non-hydrogen) atoms. The number of pyridine rings is 1. The van der Waals surface area contributed by atoms with E-state index in [1.54, 1.807) is 55.4 Å². The third-order valence-corrected chi connectivity index (χ3v) is 7.93. The second kappa shape index (κ2) is 15.3. The van der Waals surface area contributed by atoms with E-state index in [4.69, 9.17) is 4.74 Å². The number of fused-ring (bicyclic) bond motifs is 1. The number of nitrogens with zero attached hydrogens (tertiary/aromatic N) is 3. The largest absolute Gasteiger partial charge is 0.506 e. The van der Waals surface area contributed by atoms with Crippen LogP contribution < -0.4 is 20.9 Å². The molecule has 2 heterocycles. The zero-order valence-corrected chi connectivity index (χ0v) is 26.6. The fourth-order valence-electron chi connectivity index (χ4n) is 5.50. The molecule has 0 saturated heterocycles. The van der Waals surface area contributed by atoms with Crippen molar-refractivity contribution in [3.8, 4) is 11.5 Å². The van der Waals surface area contributed by atoms with Gasteiger partial charge in [-0.3, -0.25) is 14.3 Å². The fraction of sp³-hybridized carbons (Fsp3) is 0.257. The second-order valence-electron chi connectivity index (χ2n) is 11.4. The molecule has 3 aromatic carbocycles. The van der Waals surface area contributed by atoms with Crippen LogP contribution in [0.4, 0.5) is 4.79 Å². The summed E-state index contributed by atoms with van der Waals surface area (Å²) >= 11 is 0. The maximum absolute atomic E-state index is 13.2. The van der Waals surface area contributed by atoms with Gasteiger partial charge in [-0.25, -0.2) is 4.79 Å². The number of aliphatic hydroxyl groups excluding tert-OH is 1. The van der Waals surface area contributed by atoms with Crippen LogP contribution in [0.1, 0.15) is 51.4 Å². The highest BCUT2D eigenvalue weighted by atomic mass is 16.5. The summed E-state index contributed by atoms with van der Waals surface area (Å²) in [5.41, 5.74) is 2.99. The molecule has 250 valence electrons. The maximum atomic E-state index is 13.2. The number of phenolic OH excluding ortho intramolecular Hbond substituents is 1. The van der Waals surface area contributed by atoms with Crippen LogP contribution in [0.3, 0.4) is 0 Å². The first-order valence-electron chi connectivity index (χ1n) is 15.4. The van der Waals surface area contributed by atoms with E-state index >= 15 is 0 Å². The molecule has 0 radical (unpaired) electrons. The van der Waals surface area contributed by atoms with Crippen molar-refractivity contribution in [2.24, 2.45) is 7.05 Å². The molecule has 0 fully saturated rings. The molecule has 2 aromatic heterocycles.